The second kappa shape index (κ2) is 7.78. The van der Waals surface area contributed by atoms with Crippen LogP contribution in [-0.4, -0.2) is 41.5 Å². The van der Waals surface area contributed by atoms with Crippen molar-refractivity contribution in [2.45, 2.75) is 51.4 Å². The van der Waals surface area contributed by atoms with Crippen LogP contribution in [-0.2, 0) is 9.59 Å². The van der Waals surface area contributed by atoms with Gasteiger partial charge in [0.05, 0.1) is 0 Å². The number of likely N-dealkylation sites (tertiary alicyclic amines) is 1. The first kappa shape index (κ1) is 16.3. The van der Waals surface area contributed by atoms with E-state index in [9.17, 15) is 9.59 Å². The van der Waals surface area contributed by atoms with Gasteiger partial charge in [-0.25, -0.2) is 0 Å². The Morgan fingerprint density at radius 2 is 1.81 bits per heavy atom. The third-order valence-electron chi connectivity index (χ3n) is 5.13. The van der Waals surface area contributed by atoms with Crippen molar-refractivity contribution in [2.75, 3.05) is 19.6 Å². The Hall–Kier alpha value is -1.10. The number of aliphatic carboxylic acids is 1. The molecule has 1 saturated carbocycles. The Bertz CT molecular complexity index is 365. The highest BCUT2D eigenvalue weighted by molar-refractivity contribution is 5.79. The fourth-order valence-electron chi connectivity index (χ4n) is 3.73. The standard InChI is InChI=1S/C16H28N2O3/c17-10-12-3-6-14(7-4-12)16(21)18-9-1-2-13(11-18)5-8-15(19)20/h12-14H,1-11,17H2,(H,19,20). The third kappa shape index (κ3) is 4.70. The summed E-state index contributed by atoms with van der Waals surface area (Å²) in [5.41, 5.74) is 5.70. The predicted molar refractivity (Wildman–Crippen MR) is 80.7 cm³/mol. The summed E-state index contributed by atoms with van der Waals surface area (Å²) >= 11 is 0. The lowest BCUT2D eigenvalue weighted by atomic mass is 9.81. The topological polar surface area (TPSA) is 83.6 Å². The monoisotopic (exact) mass is 296 g/mol. The molecule has 1 amide bonds. The lowest BCUT2D eigenvalue weighted by molar-refractivity contribution is -0.139. The normalized spacial score (nSPS) is 30.1. The van der Waals surface area contributed by atoms with Crippen LogP contribution in [0.5, 0.6) is 0 Å². The average Bonchev–Trinajstić information content (AvgIpc) is 2.52. The number of nitrogens with zero attached hydrogens (tertiary/aromatic N) is 1. The summed E-state index contributed by atoms with van der Waals surface area (Å²) in [4.78, 5) is 25.3. The third-order valence-corrected chi connectivity index (χ3v) is 5.13. The number of carbonyl (C=O) groups is 2. The zero-order valence-corrected chi connectivity index (χ0v) is 12.8. The molecule has 3 N–H and O–H groups in total. The van der Waals surface area contributed by atoms with E-state index in [0.717, 1.165) is 58.2 Å². The number of hydrogen-bond donors (Lipinski definition) is 2. The molecule has 1 heterocycles. The van der Waals surface area contributed by atoms with E-state index in [4.69, 9.17) is 10.8 Å². The number of carboxylic acid groups (broad SMARTS) is 1. The summed E-state index contributed by atoms with van der Waals surface area (Å²) < 4.78 is 0. The first-order chi connectivity index (χ1) is 10.1. The minimum Gasteiger partial charge on any atom is -0.481 e. The first-order valence-electron chi connectivity index (χ1n) is 8.30. The Kier molecular flexibility index (Phi) is 6.03. The molecule has 1 aliphatic carbocycles. The van der Waals surface area contributed by atoms with Crippen molar-refractivity contribution in [1.82, 2.24) is 4.90 Å². The van der Waals surface area contributed by atoms with Crippen molar-refractivity contribution in [3.8, 4) is 0 Å². The Balaban J connectivity index is 1.80. The van der Waals surface area contributed by atoms with Gasteiger partial charge in [0, 0.05) is 25.4 Å². The molecule has 0 aromatic heterocycles. The Labute approximate surface area is 126 Å². The fraction of sp³-hybridized carbons (Fsp3) is 0.875. The van der Waals surface area contributed by atoms with Crippen LogP contribution in [0.3, 0.4) is 0 Å². The number of rotatable bonds is 5. The van der Waals surface area contributed by atoms with Crippen LogP contribution in [0.4, 0.5) is 0 Å². The maximum atomic E-state index is 12.6. The summed E-state index contributed by atoms with van der Waals surface area (Å²) in [5, 5.41) is 8.78. The van der Waals surface area contributed by atoms with Crippen molar-refractivity contribution in [3.63, 3.8) is 0 Å². The van der Waals surface area contributed by atoms with E-state index in [1.165, 1.54) is 0 Å². The molecule has 0 aromatic rings. The van der Waals surface area contributed by atoms with Crippen LogP contribution in [0.1, 0.15) is 51.4 Å². The molecule has 120 valence electrons. The number of carboxylic acids is 1. The van der Waals surface area contributed by atoms with Gasteiger partial charge in [-0.15, -0.1) is 0 Å². The van der Waals surface area contributed by atoms with Gasteiger partial charge in [0.15, 0.2) is 0 Å². The molecular weight excluding hydrogens is 268 g/mol. The number of piperidine rings is 1. The predicted octanol–water partition coefficient (Wildman–Crippen LogP) is 1.85. The molecule has 2 fully saturated rings. The van der Waals surface area contributed by atoms with Crippen LogP contribution in [0.2, 0.25) is 0 Å². The van der Waals surface area contributed by atoms with Crippen LogP contribution < -0.4 is 5.73 Å². The molecule has 0 spiro atoms. The molecule has 0 bridgehead atoms. The smallest absolute Gasteiger partial charge is 0.303 e. The van der Waals surface area contributed by atoms with Crippen molar-refractivity contribution in [2.24, 2.45) is 23.5 Å². The van der Waals surface area contributed by atoms with Crippen molar-refractivity contribution in [1.29, 1.82) is 0 Å². The number of carbonyl (C=O) groups excluding carboxylic acids is 1. The van der Waals surface area contributed by atoms with Gasteiger partial charge in [0.2, 0.25) is 5.91 Å². The quantitative estimate of drug-likeness (QED) is 0.811. The van der Waals surface area contributed by atoms with Crippen LogP contribution in [0.25, 0.3) is 0 Å². The first-order valence-corrected chi connectivity index (χ1v) is 8.30. The highest BCUT2D eigenvalue weighted by Crippen LogP contribution is 2.31. The lowest BCUT2D eigenvalue weighted by Gasteiger charge is -2.36. The van der Waals surface area contributed by atoms with Crippen LogP contribution in [0, 0.1) is 17.8 Å². The molecule has 1 atom stereocenters. The van der Waals surface area contributed by atoms with Crippen LogP contribution in [0.15, 0.2) is 0 Å². The molecule has 1 saturated heterocycles. The molecule has 0 aromatic carbocycles. The average molecular weight is 296 g/mol. The highest BCUT2D eigenvalue weighted by Gasteiger charge is 2.31. The number of amides is 1. The molecule has 21 heavy (non-hydrogen) atoms. The van der Waals surface area contributed by atoms with E-state index < -0.39 is 5.97 Å². The summed E-state index contributed by atoms with van der Waals surface area (Å²) in [7, 11) is 0. The van der Waals surface area contributed by atoms with Gasteiger partial charge in [-0.2, -0.15) is 0 Å². The molecule has 5 heteroatoms. The fourth-order valence-corrected chi connectivity index (χ4v) is 3.73. The molecule has 0 radical (unpaired) electrons. The zero-order valence-electron chi connectivity index (χ0n) is 12.8. The zero-order chi connectivity index (χ0) is 15.2. The summed E-state index contributed by atoms with van der Waals surface area (Å²) in [6.07, 6.45) is 7.05. The van der Waals surface area contributed by atoms with E-state index in [1.54, 1.807) is 0 Å². The largest absolute Gasteiger partial charge is 0.481 e. The molecule has 5 nitrogen and oxygen atoms in total. The number of hydrogen-bond acceptors (Lipinski definition) is 3. The Morgan fingerprint density at radius 3 is 2.43 bits per heavy atom. The van der Waals surface area contributed by atoms with Gasteiger partial charge in [-0.05, 0) is 63.3 Å². The van der Waals surface area contributed by atoms with Crippen LogP contribution >= 0.6 is 0 Å². The van der Waals surface area contributed by atoms with Gasteiger partial charge in [-0.1, -0.05) is 0 Å². The summed E-state index contributed by atoms with van der Waals surface area (Å²) in [5.74, 6) is 0.688. The minimum atomic E-state index is -0.737. The van der Waals surface area contributed by atoms with Gasteiger partial charge < -0.3 is 15.7 Å². The van der Waals surface area contributed by atoms with Crippen molar-refractivity contribution in [3.05, 3.63) is 0 Å². The molecule has 2 aliphatic rings. The van der Waals surface area contributed by atoms with E-state index in [1.807, 2.05) is 4.90 Å². The number of nitrogens with two attached hydrogens (primary N) is 1. The van der Waals surface area contributed by atoms with Gasteiger partial charge >= 0.3 is 5.97 Å². The van der Waals surface area contributed by atoms with Gasteiger partial charge in [0.1, 0.15) is 0 Å². The second-order valence-corrected chi connectivity index (χ2v) is 6.68. The molecule has 2 rings (SSSR count). The summed E-state index contributed by atoms with van der Waals surface area (Å²) in [6.45, 7) is 2.34. The van der Waals surface area contributed by atoms with E-state index >= 15 is 0 Å². The van der Waals surface area contributed by atoms with Crippen molar-refractivity contribution < 1.29 is 14.7 Å². The Morgan fingerprint density at radius 1 is 1.10 bits per heavy atom. The molecule has 1 unspecified atom stereocenters. The molecular formula is C16H28N2O3. The highest BCUT2D eigenvalue weighted by atomic mass is 16.4. The SMILES string of the molecule is NCC1CCC(C(=O)N2CCCC(CCC(=O)O)C2)CC1. The van der Waals surface area contributed by atoms with Crippen molar-refractivity contribution >= 4 is 11.9 Å². The van der Waals surface area contributed by atoms with Gasteiger partial charge in [0.25, 0.3) is 0 Å². The van der Waals surface area contributed by atoms with E-state index in [-0.39, 0.29) is 12.3 Å². The lowest BCUT2D eigenvalue weighted by Crippen LogP contribution is -2.44. The van der Waals surface area contributed by atoms with E-state index in [2.05, 4.69) is 0 Å². The maximum Gasteiger partial charge on any atom is 0.303 e. The summed E-state index contributed by atoms with van der Waals surface area (Å²) in [6, 6.07) is 0. The maximum absolute atomic E-state index is 12.6. The van der Waals surface area contributed by atoms with E-state index in [0.29, 0.717) is 24.2 Å². The second-order valence-electron chi connectivity index (χ2n) is 6.68. The molecule has 1 aliphatic heterocycles. The van der Waals surface area contributed by atoms with Gasteiger partial charge in [-0.3, -0.25) is 9.59 Å². The minimum absolute atomic E-state index is 0.172.